The van der Waals surface area contributed by atoms with E-state index in [9.17, 15) is 14.0 Å². The van der Waals surface area contributed by atoms with Gasteiger partial charge in [-0.1, -0.05) is 0 Å². The van der Waals surface area contributed by atoms with E-state index in [4.69, 9.17) is 0 Å². The molecule has 3 rings (SSSR count). The van der Waals surface area contributed by atoms with E-state index >= 15 is 0 Å². The van der Waals surface area contributed by atoms with Crippen LogP contribution < -0.4 is 5.32 Å². The summed E-state index contributed by atoms with van der Waals surface area (Å²) in [5.41, 5.74) is 1.63. The molecule has 2 amide bonds. The van der Waals surface area contributed by atoms with Crippen LogP contribution in [-0.2, 0) is 16.0 Å². The fourth-order valence-electron chi connectivity index (χ4n) is 2.83. The van der Waals surface area contributed by atoms with Crippen molar-refractivity contribution in [2.45, 2.75) is 12.8 Å². The van der Waals surface area contributed by atoms with E-state index < -0.39 is 0 Å². The number of amides is 2. The molecule has 1 aliphatic heterocycles. The van der Waals surface area contributed by atoms with Crippen molar-refractivity contribution in [1.29, 1.82) is 0 Å². The average molecular weight is 390 g/mol. The van der Waals surface area contributed by atoms with Crippen molar-refractivity contribution in [2.24, 2.45) is 0 Å². The zero-order valence-electron chi connectivity index (χ0n) is 15.3. The number of carbonyl (C=O) groups is 2. The Hall–Kier alpha value is -2.32. The number of halogens is 1. The van der Waals surface area contributed by atoms with Crippen LogP contribution in [0, 0.1) is 5.82 Å². The molecule has 0 radical (unpaired) electrons. The Bertz CT molecular complexity index is 785. The average Bonchev–Trinajstić information content (AvgIpc) is 3.14. The van der Waals surface area contributed by atoms with Crippen molar-refractivity contribution in [3.8, 4) is 11.3 Å². The number of piperazine rings is 1. The third-order valence-electron chi connectivity index (χ3n) is 4.55. The quantitative estimate of drug-likeness (QED) is 0.817. The fourth-order valence-corrected chi connectivity index (χ4v) is 3.64. The molecule has 0 bridgehead atoms. The number of rotatable bonds is 6. The molecule has 6 nitrogen and oxygen atoms in total. The maximum absolute atomic E-state index is 13.0. The van der Waals surface area contributed by atoms with Gasteiger partial charge in [0.2, 0.25) is 11.8 Å². The van der Waals surface area contributed by atoms with Gasteiger partial charge >= 0.3 is 0 Å². The van der Waals surface area contributed by atoms with Crippen LogP contribution in [-0.4, -0.2) is 66.4 Å². The van der Waals surface area contributed by atoms with Gasteiger partial charge in [0, 0.05) is 50.0 Å². The standard InChI is InChI=1S/C19H23FN4O2S/c1-23-8-10-24(11-9-23)19(26)12-21-17(25)6-7-18-22-16(13-27-18)14-2-4-15(20)5-3-14/h2-5,13H,6-12H2,1H3,(H,21,25). The highest BCUT2D eigenvalue weighted by molar-refractivity contribution is 7.09. The van der Waals surface area contributed by atoms with Crippen molar-refractivity contribution >= 4 is 23.2 Å². The molecular formula is C19H23FN4O2S. The third-order valence-corrected chi connectivity index (χ3v) is 5.46. The Morgan fingerprint density at radius 2 is 1.89 bits per heavy atom. The van der Waals surface area contributed by atoms with Crippen molar-refractivity contribution in [2.75, 3.05) is 39.8 Å². The van der Waals surface area contributed by atoms with Gasteiger partial charge in [-0.25, -0.2) is 9.37 Å². The van der Waals surface area contributed by atoms with Crippen molar-refractivity contribution < 1.29 is 14.0 Å². The van der Waals surface area contributed by atoms with Gasteiger partial charge in [0.25, 0.3) is 0 Å². The Labute approximate surface area is 162 Å². The van der Waals surface area contributed by atoms with Crippen LogP contribution in [0.2, 0.25) is 0 Å². The number of nitrogens with zero attached hydrogens (tertiary/aromatic N) is 3. The lowest BCUT2D eigenvalue weighted by atomic mass is 10.2. The molecule has 2 heterocycles. The largest absolute Gasteiger partial charge is 0.347 e. The van der Waals surface area contributed by atoms with Crippen LogP contribution in [0.4, 0.5) is 4.39 Å². The van der Waals surface area contributed by atoms with Crippen LogP contribution in [0.15, 0.2) is 29.6 Å². The molecule has 0 unspecified atom stereocenters. The summed E-state index contributed by atoms with van der Waals surface area (Å²) in [6, 6.07) is 6.17. The minimum absolute atomic E-state index is 0.0377. The summed E-state index contributed by atoms with van der Waals surface area (Å²) in [4.78, 5) is 32.6. The molecule has 1 fully saturated rings. The van der Waals surface area contributed by atoms with Gasteiger partial charge in [-0.3, -0.25) is 9.59 Å². The molecule has 1 aromatic carbocycles. The third kappa shape index (κ3) is 5.58. The summed E-state index contributed by atoms with van der Waals surface area (Å²) in [7, 11) is 2.03. The van der Waals surface area contributed by atoms with Gasteiger partial charge in [-0.2, -0.15) is 0 Å². The van der Waals surface area contributed by atoms with Crippen LogP contribution in [0.3, 0.4) is 0 Å². The van der Waals surface area contributed by atoms with Crippen LogP contribution >= 0.6 is 11.3 Å². The Kier molecular flexibility index (Phi) is 6.52. The van der Waals surface area contributed by atoms with Gasteiger partial charge in [-0.05, 0) is 31.3 Å². The van der Waals surface area contributed by atoms with E-state index in [1.165, 1.54) is 23.5 Å². The summed E-state index contributed by atoms with van der Waals surface area (Å²) in [6.07, 6.45) is 0.798. The van der Waals surface area contributed by atoms with Crippen LogP contribution in [0.5, 0.6) is 0 Å². The van der Waals surface area contributed by atoms with Gasteiger partial charge in [0.15, 0.2) is 0 Å². The molecule has 1 saturated heterocycles. The minimum Gasteiger partial charge on any atom is -0.347 e. The van der Waals surface area contributed by atoms with E-state index in [1.807, 2.05) is 12.4 Å². The van der Waals surface area contributed by atoms with E-state index in [0.717, 1.165) is 29.4 Å². The minimum atomic E-state index is -0.281. The lowest BCUT2D eigenvalue weighted by Gasteiger charge is -2.32. The summed E-state index contributed by atoms with van der Waals surface area (Å²) >= 11 is 1.47. The molecule has 8 heteroatoms. The second kappa shape index (κ2) is 9.05. The van der Waals surface area contributed by atoms with E-state index in [1.54, 1.807) is 17.0 Å². The number of carbonyl (C=O) groups excluding carboxylic acids is 2. The predicted octanol–water partition coefficient (Wildman–Crippen LogP) is 1.77. The predicted molar refractivity (Wildman–Crippen MR) is 103 cm³/mol. The van der Waals surface area contributed by atoms with Gasteiger partial charge in [0.1, 0.15) is 5.82 Å². The molecule has 0 saturated carbocycles. The van der Waals surface area contributed by atoms with Gasteiger partial charge < -0.3 is 15.1 Å². The Morgan fingerprint density at radius 3 is 2.59 bits per heavy atom. The number of nitrogens with one attached hydrogen (secondary N) is 1. The highest BCUT2D eigenvalue weighted by atomic mass is 32.1. The zero-order chi connectivity index (χ0) is 19.2. The molecule has 1 aliphatic rings. The van der Waals surface area contributed by atoms with E-state index in [0.29, 0.717) is 19.5 Å². The van der Waals surface area contributed by atoms with E-state index in [-0.39, 0.29) is 30.6 Å². The van der Waals surface area contributed by atoms with Crippen LogP contribution in [0.1, 0.15) is 11.4 Å². The molecule has 1 aromatic heterocycles. The molecule has 0 atom stereocenters. The maximum atomic E-state index is 13.0. The van der Waals surface area contributed by atoms with Crippen LogP contribution in [0.25, 0.3) is 11.3 Å². The first-order chi connectivity index (χ1) is 13.0. The number of aryl methyl sites for hydroxylation is 1. The first kappa shape index (κ1) is 19.4. The molecule has 2 aromatic rings. The second-order valence-corrected chi connectivity index (χ2v) is 7.54. The van der Waals surface area contributed by atoms with Crippen molar-refractivity contribution in [1.82, 2.24) is 20.1 Å². The number of hydrogen-bond acceptors (Lipinski definition) is 5. The highest BCUT2D eigenvalue weighted by Gasteiger charge is 2.19. The summed E-state index contributed by atoms with van der Waals surface area (Å²) in [5.74, 6) is -0.475. The summed E-state index contributed by atoms with van der Waals surface area (Å²) in [6.45, 7) is 3.18. The first-order valence-electron chi connectivity index (χ1n) is 8.94. The number of benzene rings is 1. The fraction of sp³-hybridized carbons (Fsp3) is 0.421. The topological polar surface area (TPSA) is 65.5 Å². The first-order valence-corrected chi connectivity index (χ1v) is 9.82. The maximum Gasteiger partial charge on any atom is 0.242 e. The van der Waals surface area contributed by atoms with E-state index in [2.05, 4.69) is 15.2 Å². The monoisotopic (exact) mass is 390 g/mol. The summed E-state index contributed by atoms with van der Waals surface area (Å²) < 4.78 is 13.0. The summed E-state index contributed by atoms with van der Waals surface area (Å²) in [5, 5.41) is 5.44. The normalized spacial score (nSPS) is 15.0. The second-order valence-electron chi connectivity index (χ2n) is 6.59. The molecule has 0 aliphatic carbocycles. The molecular weight excluding hydrogens is 367 g/mol. The lowest BCUT2D eigenvalue weighted by Crippen LogP contribution is -2.50. The molecule has 1 N–H and O–H groups in total. The van der Waals surface area contributed by atoms with Gasteiger partial charge in [0.05, 0.1) is 17.2 Å². The van der Waals surface area contributed by atoms with Gasteiger partial charge in [-0.15, -0.1) is 11.3 Å². The highest BCUT2D eigenvalue weighted by Crippen LogP contribution is 2.22. The zero-order valence-corrected chi connectivity index (χ0v) is 16.1. The Balaban J connectivity index is 1.41. The SMILES string of the molecule is CN1CCN(C(=O)CNC(=O)CCc2nc(-c3ccc(F)cc3)cs2)CC1. The number of hydrogen-bond donors (Lipinski definition) is 1. The van der Waals surface area contributed by atoms with Crippen molar-refractivity contribution in [3.05, 3.63) is 40.5 Å². The number of aromatic nitrogens is 1. The Morgan fingerprint density at radius 1 is 1.19 bits per heavy atom. The number of likely N-dealkylation sites (N-methyl/N-ethyl adjacent to an activating group) is 1. The molecule has 0 spiro atoms. The van der Waals surface area contributed by atoms with Crippen molar-refractivity contribution in [3.63, 3.8) is 0 Å². The molecule has 144 valence electrons. The smallest absolute Gasteiger partial charge is 0.242 e. The number of thiazole rings is 1. The lowest BCUT2D eigenvalue weighted by molar-refractivity contribution is -0.134. The molecule has 27 heavy (non-hydrogen) atoms.